The molecule has 2 heterocycles. The number of hydrogen-bond donors (Lipinski definition) is 3. The van der Waals surface area contributed by atoms with E-state index in [2.05, 4.69) is 27.8 Å². The number of hydrazine groups is 1. The first-order valence-electron chi connectivity index (χ1n) is 6.91. The minimum atomic E-state index is -0.191. The van der Waals surface area contributed by atoms with E-state index in [1.54, 1.807) is 13.8 Å². The first kappa shape index (κ1) is 14.7. The van der Waals surface area contributed by atoms with Crippen LogP contribution in [0.25, 0.3) is 0 Å². The Morgan fingerprint density at radius 1 is 1.35 bits per heavy atom. The van der Waals surface area contributed by atoms with E-state index < -0.39 is 0 Å². The molecule has 20 heavy (non-hydrogen) atoms. The van der Waals surface area contributed by atoms with Crippen LogP contribution in [0.5, 0.6) is 0 Å². The van der Waals surface area contributed by atoms with Gasteiger partial charge in [0.25, 0.3) is 5.91 Å². The highest BCUT2D eigenvalue weighted by molar-refractivity contribution is 5.98. The van der Waals surface area contributed by atoms with E-state index in [1.807, 2.05) is 0 Å². The summed E-state index contributed by atoms with van der Waals surface area (Å²) in [5.74, 6) is -0.191. The minimum absolute atomic E-state index is 0.191. The smallest absolute Gasteiger partial charge is 0.267 e. The van der Waals surface area contributed by atoms with Gasteiger partial charge in [-0.25, -0.2) is 5.43 Å². The number of aromatic amines is 1. The number of rotatable bonds is 4. The fourth-order valence-electron chi connectivity index (χ4n) is 2.62. The van der Waals surface area contributed by atoms with Crippen molar-refractivity contribution >= 4 is 12.2 Å². The predicted octanol–water partition coefficient (Wildman–Crippen LogP) is 0.773. The van der Waals surface area contributed by atoms with Crippen molar-refractivity contribution in [3.05, 3.63) is 22.5 Å². The number of H-pyrrole nitrogens is 1. The van der Waals surface area contributed by atoms with Crippen LogP contribution in [-0.4, -0.2) is 48.3 Å². The third-order valence-corrected chi connectivity index (χ3v) is 3.93. The molecule has 1 saturated heterocycles. The summed E-state index contributed by atoms with van der Waals surface area (Å²) in [6.07, 6.45) is 2.77. The van der Waals surface area contributed by atoms with Gasteiger partial charge in [-0.3, -0.25) is 15.0 Å². The summed E-state index contributed by atoms with van der Waals surface area (Å²) < 4.78 is 0. The summed E-state index contributed by atoms with van der Waals surface area (Å²) in [7, 11) is 2.10. The van der Waals surface area contributed by atoms with Gasteiger partial charge in [0.1, 0.15) is 0 Å². The number of aryl methyl sites for hydroxylation is 1. The highest BCUT2D eigenvalue weighted by atomic mass is 16.2. The highest BCUT2D eigenvalue weighted by Crippen LogP contribution is 2.16. The van der Waals surface area contributed by atoms with Crippen molar-refractivity contribution in [2.45, 2.75) is 32.7 Å². The lowest BCUT2D eigenvalue weighted by molar-refractivity contribution is 0.0913. The number of aldehydes is 1. The van der Waals surface area contributed by atoms with Crippen LogP contribution in [0.2, 0.25) is 0 Å². The molecule has 110 valence electrons. The third-order valence-electron chi connectivity index (χ3n) is 3.93. The van der Waals surface area contributed by atoms with Gasteiger partial charge in [-0.2, -0.15) is 0 Å². The number of likely N-dealkylation sites (tertiary alicyclic amines) is 1. The molecule has 1 aromatic rings. The fourth-order valence-corrected chi connectivity index (χ4v) is 2.62. The predicted molar refractivity (Wildman–Crippen MR) is 76.8 cm³/mol. The first-order valence-corrected chi connectivity index (χ1v) is 6.91. The van der Waals surface area contributed by atoms with Crippen LogP contribution >= 0.6 is 0 Å². The van der Waals surface area contributed by atoms with Gasteiger partial charge >= 0.3 is 0 Å². The standard InChI is InChI=1S/C14H22N4O2/c1-9-12(8-19)15-10(2)13(9)14(20)17-16-11-4-6-18(3)7-5-11/h8,11,15-16H,4-7H2,1-3H3,(H,17,20). The molecule has 6 heteroatoms. The molecule has 0 bridgehead atoms. The maximum absolute atomic E-state index is 12.2. The highest BCUT2D eigenvalue weighted by Gasteiger charge is 2.20. The topological polar surface area (TPSA) is 77.2 Å². The number of piperidine rings is 1. The number of carbonyl (C=O) groups excluding carboxylic acids is 2. The van der Waals surface area contributed by atoms with Crippen LogP contribution in [0.15, 0.2) is 0 Å². The van der Waals surface area contributed by atoms with Crippen molar-refractivity contribution in [1.29, 1.82) is 0 Å². The second-order valence-corrected chi connectivity index (χ2v) is 5.46. The summed E-state index contributed by atoms with van der Waals surface area (Å²) in [6, 6.07) is 0.306. The number of carbonyl (C=O) groups is 2. The fraction of sp³-hybridized carbons (Fsp3) is 0.571. The molecule has 0 spiro atoms. The lowest BCUT2D eigenvalue weighted by Crippen LogP contribution is -2.49. The molecule has 1 aromatic heterocycles. The zero-order valence-corrected chi connectivity index (χ0v) is 12.2. The van der Waals surface area contributed by atoms with Gasteiger partial charge in [-0.1, -0.05) is 0 Å². The summed E-state index contributed by atoms with van der Waals surface area (Å²) in [4.78, 5) is 28.3. The van der Waals surface area contributed by atoms with Gasteiger partial charge < -0.3 is 9.88 Å². The number of nitrogens with zero attached hydrogens (tertiary/aromatic N) is 1. The molecule has 1 amide bonds. The largest absolute Gasteiger partial charge is 0.356 e. The molecular formula is C14H22N4O2. The van der Waals surface area contributed by atoms with E-state index in [0.717, 1.165) is 32.2 Å². The quantitative estimate of drug-likeness (QED) is 0.562. The van der Waals surface area contributed by atoms with Crippen molar-refractivity contribution in [2.75, 3.05) is 20.1 Å². The Bertz CT molecular complexity index is 502. The van der Waals surface area contributed by atoms with Crippen LogP contribution < -0.4 is 10.9 Å². The van der Waals surface area contributed by atoms with Gasteiger partial charge in [0.05, 0.1) is 11.3 Å². The molecule has 2 rings (SSSR count). The summed E-state index contributed by atoms with van der Waals surface area (Å²) in [6.45, 7) is 5.64. The molecule has 0 saturated carbocycles. The molecule has 3 N–H and O–H groups in total. The molecule has 6 nitrogen and oxygen atoms in total. The van der Waals surface area contributed by atoms with Gasteiger partial charge in [0.2, 0.25) is 0 Å². The van der Waals surface area contributed by atoms with Crippen molar-refractivity contribution in [3.8, 4) is 0 Å². The van der Waals surface area contributed by atoms with Gasteiger partial charge in [-0.15, -0.1) is 0 Å². The van der Waals surface area contributed by atoms with Crippen LogP contribution in [-0.2, 0) is 0 Å². The second-order valence-electron chi connectivity index (χ2n) is 5.46. The molecule has 0 aromatic carbocycles. The van der Waals surface area contributed by atoms with Crippen molar-refractivity contribution in [2.24, 2.45) is 0 Å². The molecule has 1 fully saturated rings. The summed E-state index contributed by atoms with van der Waals surface area (Å²) >= 11 is 0. The Balaban J connectivity index is 1.95. The van der Waals surface area contributed by atoms with E-state index >= 15 is 0 Å². The Kier molecular flexibility index (Phi) is 4.57. The molecule has 0 aliphatic carbocycles. The zero-order valence-electron chi connectivity index (χ0n) is 12.2. The van der Waals surface area contributed by atoms with E-state index in [-0.39, 0.29) is 5.91 Å². The van der Waals surface area contributed by atoms with Crippen LogP contribution in [0.1, 0.15) is 44.9 Å². The van der Waals surface area contributed by atoms with Gasteiger partial charge in [-0.05, 0) is 52.4 Å². The number of hydrogen-bond acceptors (Lipinski definition) is 4. The monoisotopic (exact) mass is 278 g/mol. The van der Waals surface area contributed by atoms with Crippen molar-refractivity contribution in [1.82, 2.24) is 20.7 Å². The second kappa shape index (κ2) is 6.19. The van der Waals surface area contributed by atoms with E-state index in [4.69, 9.17) is 0 Å². The molecule has 0 radical (unpaired) electrons. The number of nitrogens with one attached hydrogen (secondary N) is 3. The molecule has 0 unspecified atom stereocenters. The molecule has 0 atom stereocenters. The van der Waals surface area contributed by atoms with Crippen LogP contribution in [0.3, 0.4) is 0 Å². The maximum Gasteiger partial charge on any atom is 0.267 e. The minimum Gasteiger partial charge on any atom is -0.356 e. The summed E-state index contributed by atoms with van der Waals surface area (Å²) in [5.41, 5.74) is 8.28. The molecule has 1 aliphatic heterocycles. The van der Waals surface area contributed by atoms with Crippen molar-refractivity contribution < 1.29 is 9.59 Å². The molecular weight excluding hydrogens is 256 g/mol. The number of amides is 1. The lowest BCUT2D eigenvalue weighted by atomic mass is 10.1. The Hall–Kier alpha value is -1.66. The van der Waals surface area contributed by atoms with Gasteiger partial charge in [0.15, 0.2) is 6.29 Å². The van der Waals surface area contributed by atoms with E-state index in [1.165, 1.54) is 0 Å². The van der Waals surface area contributed by atoms with Gasteiger partial charge in [0, 0.05) is 11.7 Å². The zero-order chi connectivity index (χ0) is 14.7. The average Bonchev–Trinajstić information content (AvgIpc) is 2.72. The first-order chi connectivity index (χ1) is 9.52. The number of aromatic nitrogens is 1. The Morgan fingerprint density at radius 2 is 2.00 bits per heavy atom. The normalized spacial score (nSPS) is 17.1. The Morgan fingerprint density at radius 3 is 2.55 bits per heavy atom. The third kappa shape index (κ3) is 3.08. The Labute approximate surface area is 118 Å². The maximum atomic E-state index is 12.2. The average molecular weight is 278 g/mol. The summed E-state index contributed by atoms with van der Waals surface area (Å²) in [5, 5.41) is 0. The molecule has 1 aliphatic rings. The van der Waals surface area contributed by atoms with E-state index in [9.17, 15) is 9.59 Å². The van der Waals surface area contributed by atoms with E-state index in [0.29, 0.717) is 28.6 Å². The lowest BCUT2D eigenvalue weighted by Gasteiger charge is -2.29. The van der Waals surface area contributed by atoms with Crippen LogP contribution in [0.4, 0.5) is 0 Å². The van der Waals surface area contributed by atoms with Crippen LogP contribution in [0, 0.1) is 13.8 Å². The van der Waals surface area contributed by atoms with Crippen molar-refractivity contribution in [3.63, 3.8) is 0 Å². The SMILES string of the molecule is Cc1[nH]c(C=O)c(C)c1C(=O)NNC1CCN(C)CC1.